The monoisotopic (exact) mass is 270 g/mol. The summed E-state index contributed by atoms with van der Waals surface area (Å²) in [6, 6.07) is 11.8. The van der Waals surface area contributed by atoms with Gasteiger partial charge in [0.05, 0.1) is 24.4 Å². The van der Waals surface area contributed by atoms with Crippen molar-refractivity contribution in [2.24, 2.45) is 7.05 Å². The van der Waals surface area contributed by atoms with Crippen molar-refractivity contribution >= 4 is 0 Å². The van der Waals surface area contributed by atoms with E-state index in [1.807, 2.05) is 37.3 Å². The molecule has 5 heteroatoms. The first-order valence-corrected chi connectivity index (χ1v) is 6.41. The summed E-state index contributed by atoms with van der Waals surface area (Å²) in [7, 11) is 3.40. The number of nitriles is 1. The standard InChI is InChI=1S/C15H18N4O/c1-11-14(15(20-3)19(2)18-11)13(9-16)17-10-12-7-5-4-6-8-12/h4-8,13,17H,10H2,1-3H3. The quantitative estimate of drug-likeness (QED) is 0.903. The van der Waals surface area contributed by atoms with Crippen LogP contribution < -0.4 is 10.1 Å². The Morgan fingerprint density at radius 3 is 2.70 bits per heavy atom. The molecule has 0 aliphatic heterocycles. The first kappa shape index (κ1) is 14.1. The van der Waals surface area contributed by atoms with E-state index in [0.29, 0.717) is 12.4 Å². The molecule has 0 aliphatic carbocycles. The molecular weight excluding hydrogens is 252 g/mol. The van der Waals surface area contributed by atoms with Crippen LogP contribution in [0.25, 0.3) is 0 Å². The summed E-state index contributed by atoms with van der Waals surface area (Å²) in [6.45, 7) is 2.50. The van der Waals surface area contributed by atoms with Crippen molar-refractivity contribution in [1.29, 1.82) is 5.26 Å². The van der Waals surface area contributed by atoms with E-state index in [1.54, 1.807) is 18.8 Å². The molecule has 1 unspecified atom stereocenters. The first-order chi connectivity index (χ1) is 9.67. The molecule has 0 saturated carbocycles. The largest absolute Gasteiger partial charge is 0.481 e. The van der Waals surface area contributed by atoms with Gasteiger partial charge in [-0.2, -0.15) is 10.4 Å². The summed E-state index contributed by atoms with van der Waals surface area (Å²) in [4.78, 5) is 0. The molecule has 104 valence electrons. The van der Waals surface area contributed by atoms with Crippen LogP contribution in [0, 0.1) is 18.3 Å². The Bertz CT molecular complexity index is 613. The van der Waals surface area contributed by atoms with Gasteiger partial charge in [0, 0.05) is 13.6 Å². The van der Waals surface area contributed by atoms with Crippen molar-refractivity contribution in [2.75, 3.05) is 7.11 Å². The molecule has 20 heavy (non-hydrogen) atoms. The van der Waals surface area contributed by atoms with E-state index in [0.717, 1.165) is 16.8 Å². The fourth-order valence-corrected chi connectivity index (χ4v) is 2.26. The second-order valence-electron chi connectivity index (χ2n) is 4.56. The van der Waals surface area contributed by atoms with Gasteiger partial charge in [-0.15, -0.1) is 0 Å². The number of aromatic nitrogens is 2. The number of benzene rings is 1. The van der Waals surface area contributed by atoms with Crippen LogP contribution in [-0.2, 0) is 13.6 Å². The Kier molecular flexibility index (Phi) is 4.38. The fraction of sp³-hybridized carbons (Fsp3) is 0.333. The third-order valence-electron chi connectivity index (χ3n) is 3.18. The van der Waals surface area contributed by atoms with Crippen LogP contribution in [0.3, 0.4) is 0 Å². The summed E-state index contributed by atoms with van der Waals surface area (Å²) in [6.07, 6.45) is 0. The number of rotatable bonds is 5. The van der Waals surface area contributed by atoms with Crippen LogP contribution in [0.15, 0.2) is 30.3 Å². The highest BCUT2D eigenvalue weighted by Crippen LogP contribution is 2.27. The predicted molar refractivity (Wildman–Crippen MR) is 76.1 cm³/mol. The zero-order valence-electron chi connectivity index (χ0n) is 11.9. The van der Waals surface area contributed by atoms with E-state index in [4.69, 9.17) is 4.74 Å². The average Bonchev–Trinajstić information content (AvgIpc) is 2.75. The van der Waals surface area contributed by atoms with Crippen molar-refractivity contribution in [3.05, 3.63) is 47.2 Å². The Morgan fingerprint density at radius 2 is 2.10 bits per heavy atom. The van der Waals surface area contributed by atoms with Crippen molar-refractivity contribution in [3.8, 4) is 11.9 Å². The van der Waals surface area contributed by atoms with Gasteiger partial charge in [0.25, 0.3) is 0 Å². The number of nitrogens with one attached hydrogen (secondary N) is 1. The highest BCUT2D eigenvalue weighted by molar-refractivity contribution is 5.37. The molecule has 2 rings (SSSR count). The van der Waals surface area contributed by atoms with E-state index in [-0.39, 0.29) is 0 Å². The Labute approximate surface area is 118 Å². The number of hydrogen-bond acceptors (Lipinski definition) is 4. The molecule has 0 radical (unpaired) electrons. The zero-order valence-corrected chi connectivity index (χ0v) is 11.9. The highest BCUT2D eigenvalue weighted by atomic mass is 16.5. The molecule has 2 aromatic rings. The fourth-order valence-electron chi connectivity index (χ4n) is 2.26. The lowest BCUT2D eigenvalue weighted by Crippen LogP contribution is -2.20. The molecule has 0 bridgehead atoms. The molecule has 0 spiro atoms. The van der Waals surface area contributed by atoms with Gasteiger partial charge in [0.2, 0.25) is 5.88 Å². The first-order valence-electron chi connectivity index (χ1n) is 6.41. The van der Waals surface area contributed by atoms with E-state index in [2.05, 4.69) is 16.5 Å². The van der Waals surface area contributed by atoms with Crippen LogP contribution in [-0.4, -0.2) is 16.9 Å². The molecule has 1 N–H and O–H groups in total. The minimum atomic E-state index is -0.446. The van der Waals surface area contributed by atoms with Gasteiger partial charge in [-0.3, -0.25) is 5.32 Å². The maximum Gasteiger partial charge on any atom is 0.217 e. The number of aryl methyl sites for hydroxylation is 2. The van der Waals surface area contributed by atoms with Crippen LogP contribution in [0.4, 0.5) is 0 Å². The van der Waals surface area contributed by atoms with E-state index >= 15 is 0 Å². The van der Waals surface area contributed by atoms with Crippen LogP contribution in [0.1, 0.15) is 22.9 Å². The lowest BCUT2D eigenvalue weighted by atomic mass is 10.1. The number of ether oxygens (including phenoxy) is 1. The topological polar surface area (TPSA) is 62.9 Å². The van der Waals surface area contributed by atoms with Crippen molar-refractivity contribution < 1.29 is 4.74 Å². The lowest BCUT2D eigenvalue weighted by molar-refractivity contribution is 0.366. The molecule has 1 aromatic heterocycles. The zero-order chi connectivity index (χ0) is 14.5. The van der Waals surface area contributed by atoms with Crippen molar-refractivity contribution in [2.45, 2.75) is 19.5 Å². The van der Waals surface area contributed by atoms with E-state index < -0.39 is 6.04 Å². The molecule has 1 heterocycles. The second kappa shape index (κ2) is 6.22. The summed E-state index contributed by atoms with van der Waals surface area (Å²) in [5.41, 5.74) is 2.73. The summed E-state index contributed by atoms with van der Waals surface area (Å²) >= 11 is 0. The SMILES string of the molecule is COc1c(C(C#N)NCc2ccccc2)c(C)nn1C. The molecular formula is C15H18N4O. The maximum atomic E-state index is 9.41. The van der Waals surface area contributed by atoms with Crippen molar-refractivity contribution in [1.82, 2.24) is 15.1 Å². The van der Waals surface area contributed by atoms with E-state index in [9.17, 15) is 5.26 Å². The predicted octanol–water partition coefficient (Wildman–Crippen LogP) is 2.09. The van der Waals surface area contributed by atoms with Crippen molar-refractivity contribution in [3.63, 3.8) is 0 Å². The highest BCUT2D eigenvalue weighted by Gasteiger charge is 2.22. The van der Waals surface area contributed by atoms with Gasteiger partial charge >= 0.3 is 0 Å². The Hall–Kier alpha value is -2.32. The lowest BCUT2D eigenvalue weighted by Gasteiger charge is -2.13. The molecule has 0 amide bonds. The van der Waals surface area contributed by atoms with Gasteiger partial charge in [-0.05, 0) is 12.5 Å². The molecule has 0 fully saturated rings. The number of nitrogens with zero attached hydrogens (tertiary/aromatic N) is 3. The summed E-state index contributed by atoms with van der Waals surface area (Å²) in [5.74, 6) is 0.620. The normalized spacial score (nSPS) is 11.9. The van der Waals surface area contributed by atoms with Crippen LogP contribution >= 0.6 is 0 Å². The van der Waals surface area contributed by atoms with Crippen LogP contribution in [0.2, 0.25) is 0 Å². The third-order valence-corrected chi connectivity index (χ3v) is 3.18. The van der Waals surface area contributed by atoms with Gasteiger partial charge in [0.1, 0.15) is 6.04 Å². The molecule has 5 nitrogen and oxygen atoms in total. The smallest absolute Gasteiger partial charge is 0.217 e. The second-order valence-corrected chi connectivity index (χ2v) is 4.56. The summed E-state index contributed by atoms with van der Waals surface area (Å²) < 4.78 is 6.99. The van der Waals surface area contributed by atoms with E-state index in [1.165, 1.54) is 0 Å². The Morgan fingerprint density at radius 1 is 1.40 bits per heavy atom. The minimum Gasteiger partial charge on any atom is -0.481 e. The summed E-state index contributed by atoms with van der Waals surface area (Å²) in [5, 5.41) is 16.9. The maximum absolute atomic E-state index is 9.41. The van der Waals surface area contributed by atoms with Gasteiger partial charge < -0.3 is 4.74 Å². The Balaban J connectivity index is 2.19. The third kappa shape index (κ3) is 2.81. The number of methoxy groups -OCH3 is 1. The van der Waals surface area contributed by atoms with Gasteiger partial charge in [0.15, 0.2) is 0 Å². The minimum absolute atomic E-state index is 0.446. The number of hydrogen-bond donors (Lipinski definition) is 1. The molecule has 0 aliphatic rings. The molecule has 1 aromatic carbocycles. The molecule has 0 saturated heterocycles. The average molecular weight is 270 g/mol. The molecule has 1 atom stereocenters. The van der Waals surface area contributed by atoms with Gasteiger partial charge in [-0.1, -0.05) is 30.3 Å². The van der Waals surface area contributed by atoms with Gasteiger partial charge in [-0.25, -0.2) is 4.68 Å². The van der Waals surface area contributed by atoms with Crippen LogP contribution in [0.5, 0.6) is 5.88 Å².